The molecule has 0 heterocycles. The van der Waals surface area contributed by atoms with E-state index in [4.69, 9.17) is 0 Å². The molecule has 0 saturated heterocycles. The molecule has 0 amide bonds. The van der Waals surface area contributed by atoms with Crippen LogP contribution < -0.4 is 5.11 Å². The van der Waals surface area contributed by atoms with Crippen molar-refractivity contribution >= 4 is 17.9 Å². The van der Waals surface area contributed by atoms with Gasteiger partial charge in [0.2, 0.25) is 0 Å². The van der Waals surface area contributed by atoms with Crippen molar-refractivity contribution in [2.75, 3.05) is 6.54 Å². The van der Waals surface area contributed by atoms with Gasteiger partial charge in [-0.25, -0.2) is 9.59 Å². The number of quaternary nitrogens is 1. The van der Waals surface area contributed by atoms with Crippen molar-refractivity contribution in [3.8, 4) is 0 Å². The number of carbonyl (C=O) groups is 3. The monoisotopic (exact) mass is 441 g/mol. The standard InChI is InChI=1S/C24H43NO6/c1-5-9-10-11-12-13-14-18-25(19(15-6-2)22(26)27,20(16-7-3)23(28)29)21(17-8-4)24(30)31/h13-14,19-21H,5-12,15-18H2,1-4H3,(H2-,26,27,28,29,30,31)/b14-13+. The minimum Gasteiger partial charge on any atom is -0.544 e. The highest BCUT2D eigenvalue weighted by Crippen LogP contribution is 2.33. The highest BCUT2D eigenvalue weighted by Gasteiger charge is 2.54. The largest absolute Gasteiger partial charge is 0.544 e. The zero-order valence-corrected chi connectivity index (χ0v) is 19.8. The summed E-state index contributed by atoms with van der Waals surface area (Å²) < 4.78 is -0.520. The Morgan fingerprint density at radius 1 is 0.742 bits per heavy atom. The molecule has 0 rings (SSSR count). The summed E-state index contributed by atoms with van der Waals surface area (Å²) >= 11 is 0. The Morgan fingerprint density at radius 3 is 1.61 bits per heavy atom. The highest BCUT2D eigenvalue weighted by molar-refractivity contribution is 5.77. The van der Waals surface area contributed by atoms with Crippen LogP contribution in [0.3, 0.4) is 0 Å². The molecule has 0 aliphatic heterocycles. The molecule has 3 atom stereocenters. The minimum absolute atomic E-state index is 0.0559. The van der Waals surface area contributed by atoms with E-state index in [1.807, 2.05) is 26.8 Å². The van der Waals surface area contributed by atoms with E-state index in [-0.39, 0.29) is 25.8 Å². The predicted molar refractivity (Wildman–Crippen MR) is 119 cm³/mol. The van der Waals surface area contributed by atoms with Crippen LogP contribution in [-0.4, -0.2) is 57.3 Å². The van der Waals surface area contributed by atoms with Gasteiger partial charge < -0.3 is 20.1 Å². The van der Waals surface area contributed by atoms with Crippen LogP contribution in [0.15, 0.2) is 12.2 Å². The van der Waals surface area contributed by atoms with Crippen LogP contribution in [0, 0.1) is 0 Å². The van der Waals surface area contributed by atoms with Crippen molar-refractivity contribution in [2.24, 2.45) is 0 Å². The lowest BCUT2D eigenvalue weighted by Crippen LogP contribution is -2.73. The lowest BCUT2D eigenvalue weighted by Gasteiger charge is -2.51. The number of carbonyl (C=O) groups excluding carboxylic acids is 1. The molecule has 0 aliphatic carbocycles. The molecule has 31 heavy (non-hydrogen) atoms. The number of hydrogen-bond donors (Lipinski definition) is 2. The van der Waals surface area contributed by atoms with Crippen LogP contribution in [0.25, 0.3) is 0 Å². The second kappa shape index (κ2) is 15.8. The van der Waals surface area contributed by atoms with Gasteiger partial charge in [-0.1, -0.05) is 59.5 Å². The Kier molecular flexibility index (Phi) is 14.9. The quantitative estimate of drug-likeness (QED) is 0.179. The van der Waals surface area contributed by atoms with Gasteiger partial charge in [-0.2, -0.15) is 0 Å². The van der Waals surface area contributed by atoms with Gasteiger partial charge in [0.05, 0.1) is 12.5 Å². The average Bonchev–Trinajstić information content (AvgIpc) is 2.71. The van der Waals surface area contributed by atoms with Gasteiger partial charge in [0.15, 0.2) is 12.1 Å². The number of aliphatic carboxylic acids is 3. The predicted octanol–water partition coefficient (Wildman–Crippen LogP) is 3.76. The Hall–Kier alpha value is -1.89. The van der Waals surface area contributed by atoms with Crippen molar-refractivity contribution < 1.29 is 34.2 Å². The molecule has 180 valence electrons. The highest BCUT2D eigenvalue weighted by atomic mass is 16.4. The van der Waals surface area contributed by atoms with Gasteiger partial charge in [0.25, 0.3) is 0 Å². The lowest BCUT2D eigenvalue weighted by atomic mass is 9.92. The smallest absolute Gasteiger partial charge is 0.362 e. The number of nitrogens with zero attached hydrogens (tertiary/aromatic N) is 1. The van der Waals surface area contributed by atoms with E-state index >= 15 is 0 Å². The maximum Gasteiger partial charge on any atom is 0.362 e. The molecule has 3 unspecified atom stereocenters. The summed E-state index contributed by atoms with van der Waals surface area (Å²) in [6, 6.07) is -3.45. The van der Waals surface area contributed by atoms with Gasteiger partial charge in [-0.3, -0.25) is 4.48 Å². The average molecular weight is 442 g/mol. The Balaban J connectivity index is 6.45. The maximum absolute atomic E-state index is 12.4. The second-order valence-electron chi connectivity index (χ2n) is 8.41. The molecule has 0 aromatic carbocycles. The topological polar surface area (TPSA) is 115 Å². The van der Waals surface area contributed by atoms with Crippen LogP contribution >= 0.6 is 0 Å². The van der Waals surface area contributed by atoms with E-state index in [1.165, 1.54) is 0 Å². The van der Waals surface area contributed by atoms with E-state index in [2.05, 4.69) is 6.92 Å². The molecule has 0 radical (unpaired) electrons. The third kappa shape index (κ3) is 8.63. The molecule has 7 heteroatoms. The van der Waals surface area contributed by atoms with Crippen LogP contribution in [-0.2, 0) is 14.4 Å². The van der Waals surface area contributed by atoms with E-state index in [0.29, 0.717) is 19.3 Å². The fourth-order valence-electron chi connectivity index (χ4n) is 4.61. The van der Waals surface area contributed by atoms with Crippen LogP contribution in [0.2, 0.25) is 0 Å². The maximum atomic E-state index is 12.4. The summed E-state index contributed by atoms with van der Waals surface area (Å²) in [7, 11) is 0. The Bertz CT molecular complexity index is 515. The normalized spacial score (nSPS) is 16.5. The van der Waals surface area contributed by atoms with Crippen molar-refractivity contribution in [1.82, 2.24) is 0 Å². The first kappa shape index (κ1) is 29.1. The van der Waals surface area contributed by atoms with Crippen molar-refractivity contribution in [3.63, 3.8) is 0 Å². The fraction of sp³-hybridized carbons (Fsp3) is 0.792. The summed E-state index contributed by atoms with van der Waals surface area (Å²) in [6.45, 7) is 7.67. The summed E-state index contributed by atoms with van der Waals surface area (Å²) in [5.74, 6) is -3.67. The summed E-state index contributed by atoms with van der Waals surface area (Å²) in [5.41, 5.74) is 0. The number of unbranched alkanes of at least 4 members (excludes halogenated alkanes) is 4. The molecule has 0 bridgehead atoms. The van der Waals surface area contributed by atoms with E-state index in [9.17, 15) is 29.7 Å². The third-order valence-corrected chi connectivity index (χ3v) is 6.08. The minimum atomic E-state index is -1.37. The molecule has 0 spiro atoms. The number of carboxylic acid groups (broad SMARTS) is 3. The fourth-order valence-corrected chi connectivity index (χ4v) is 4.61. The number of rotatable bonds is 19. The first-order chi connectivity index (χ1) is 14.7. The number of carboxylic acids is 3. The molecule has 2 N–H and O–H groups in total. The number of allylic oxidation sites excluding steroid dienone is 1. The van der Waals surface area contributed by atoms with Gasteiger partial charge in [0.1, 0.15) is 6.04 Å². The lowest BCUT2D eigenvalue weighted by molar-refractivity contribution is -0.970. The molecular formula is C24H43NO6. The molecule has 0 fully saturated rings. The molecular weight excluding hydrogens is 398 g/mol. The third-order valence-electron chi connectivity index (χ3n) is 6.08. The summed E-state index contributed by atoms with van der Waals surface area (Å²) in [6.07, 6.45) is 11.0. The molecule has 0 aliphatic rings. The van der Waals surface area contributed by atoms with Crippen LogP contribution in [0.4, 0.5) is 0 Å². The zero-order valence-electron chi connectivity index (χ0n) is 19.8. The van der Waals surface area contributed by atoms with Crippen molar-refractivity contribution in [1.29, 1.82) is 0 Å². The molecule has 0 saturated carbocycles. The summed E-state index contributed by atoms with van der Waals surface area (Å²) in [4.78, 5) is 37.0. The first-order valence-electron chi connectivity index (χ1n) is 11.9. The van der Waals surface area contributed by atoms with Gasteiger partial charge >= 0.3 is 11.9 Å². The van der Waals surface area contributed by atoms with Crippen LogP contribution in [0.1, 0.15) is 98.3 Å². The first-order valence-corrected chi connectivity index (χ1v) is 11.9. The molecule has 0 aromatic heterocycles. The van der Waals surface area contributed by atoms with Crippen molar-refractivity contribution in [3.05, 3.63) is 12.2 Å². The molecule has 7 nitrogen and oxygen atoms in total. The Labute approximate surface area is 187 Å². The van der Waals surface area contributed by atoms with Gasteiger partial charge in [-0.15, -0.1) is 0 Å². The zero-order chi connectivity index (χ0) is 23.9. The second-order valence-corrected chi connectivity index (χ2v) is 8.41. The van der Waals surface area contributed by atoms with Gasteiger partial charge in [-0.05, 0) is 31.8 Å². The SMILES string of the molecule is CCCCCC/C=C/C[N+](C(CCC)C(=O)[O-])(C(CCC)C(=O)O)C(CCC)C(=O)O. The Morgan fingerprint density at radius 2 is 1.23 bits per heavy atom. The molecule has 0 aromatic rings. The number of hydrogen-bond acceptors (Lipinski definition) is 4. The van der Waals surface area contributed by atoms with E-state index in [1.54, 1.807) is 6.08 Å². The van der Waals surface area contributed by atoms with Gasteiger partial charge in [0, 0.05) is 19.3 Å². The summed E-state index contributed by atoms with van der Waals surface area (Å²) in [5, 5.41) is 32.5. The van der Waals surface area contributed by atoms with Crippen molar-refractivity contribution in [2.45, 2.75) is 116 Å². The van der Waals surface area contributed by atoms with E-state index in [0.717, 1.165) is 32.1 Å². The van der Waals surface area contributed by atoms with E-state index < -0.39 is 40.5 Å². The van der Waals surface area contributed by atoms with Crippen LogP contribution in [0.5, 0.6) is 0 Å².